The Morgan fingerprint density at radius 2 is 1.97 bits per heavy atom. The van der Waals surface area contributed by atoms with E-state index in [1.54, 1.807) is 12.1 Å². The van der Waals surface area contributed by atoms with Crippen molar-refractivity contribution < 1.29 is 26.5 Å². The molecule has 2 aromatic rings. The summed E-state index contributed by atoms with van der Waals surface area (Å²) in [6.07, 6.45) is 2.31. The molecule has 32 heavy (non-hydrogen) atoms. The van der Waals surface area contributed by atoms with E-state index >= 15 is 0 Å². The van der Waals surface area contributed by atoms with Gasteiger partial charge < -0.3 is 4.74 Å². The van der Waals surface area contributed by atoms with Crippen molar-refractivity contribution in [1.29, 1.82) is 0 Å². The van der Waals surface area contributed by atoms with Crippen LogP contribution in [0.2, 0.25) is 0 Å². The van der Waals surface area contributed by atoms with E-state index in [1.165, 1.54) is 16.5 Å². The second-order valence-corrected chi connectivity index (χ2v) is 9.61. The van der Waals surface area contributed by atoms with Crippen LogP contribution in [0.3, 0.4) is 0 Å². The molecule has 1 atom stereocenters. The molecule has 0 unspecified atom stereocenters. The number of carbonyl (C=O) groups is 1. The molecule has 2 heterocycles. The first-order valence-electron chi connectivity index (χ1n) is 10.4. The highest BCUT2D eigenvalue weighted by atomic mass is 32.2. The van der Waals surface area contributed by atoms with Gasteiger partial charge in [-0.1, -0.05) is 36.4 Å². The lowest BCUT2D eigenvalue weighted by atomic mass is 9.98. The quantitative estimate of drug-likeness (QED) is 0.590. The number of rotatable bonds is 7. The van der Waals surface area contributed by atoms with Crippen LogP contribution in [0.1, 0.15) is 17.5 Å². The fourth-order valence-corrected chi connectivity index (χ4v) is 4.29. The van der Waals surface area contributed by atoms with Crippen LogP contribution in [0.4, 0.5) is 14.9 Å². The lowest BCUT2D eigenvalue weighted by Crippen LogP contribution is -2.28. The average Bonchev–Trinajstić information content (AvgIpc) is 3.14. The van der Waals surface area contributed by atoms with Crippen molar-refractivity contribution in [2.45, 2.75) is 19.1 Å². The Morgan fingerprint density at radius 3 is 2.62 bits per heavy atom. The van der Waals surface area contributed by atoms with Crippen molar-refractivity contribution >= 4 is 27.5 Å². The summed E-state index contributed by atoms with van der Waals surface area (Å²) in [6, 6.07) is 14.9. The number of amides is 1. The molecule has 0 N–H and O–H groups in total. The predicted molar refractivity (Wildman–Crippen MR) is 119 cm³/mol. The van der Waals surface area contributed by atoms with Gasteiger partial charge in [-0.15, -0.1) is 0 Å². The number of anilines is 1. The Bertz CT molecular complexity index is 1120. The molecule has 0 spiro atoms. The van der Waals surface area contributed by atoms with Crippen molar-refractivity contribution in [3.8, 4) is 0 Å². The Morgan fingerprint density at radius 1 is 1.19 bits per heavy atom. The molecular weight excluding hydrogens is 435 g/mol. The number of carbonyl (C=O) groups excluding carboxylic acids is 1. The van der Waals surface area contributed by atoms with Gasteiger partial charge in [0.1, 0.15) is 18.5 Å². The van der Waals surface area contributed by atoms with E-state index in [0.29, 0.717) is 11.3 Å². The van der Waals surface area contributed by atoms with Gasteiger partial charge in [0.25, 0.3) is 10.1 Å². The first-order valence-corrected chi connectivity index (χ1v) is 12.2. The Labute approximate surface area is 187 Å². The van der Waals surface area contributed by atoms with E-state index in [9.17, 15) is 17.6 Å². The van der Waals surface area contributed by atoms with Crippen LogP contribution in [0.25, 0.3) is 5.57 Å². The third-order valence-corrected chi connectivity index (χ3v) is 6.06. The summed E-state index contributed by atoms with van der Waals surface area (Å²) < 4.78 is 47.0. The zero-order valence-corrected chi connectivity index (χ0v) is 18.6. The van der Waals surface area contributed by atoms with Gasteiger partial charge >= 0.3 is 6.09 Å². The third-order valence-electron chi connectivity index (χ3n) is 5.49. The van der Waals surface area contributed by atoms with Gasteiger partial charge in [-0.3, -0.25) is 14.0 Å². The van der Waals surface area contributed by atoms with Gasteiger partial charge in [-0.05, 0) is 35.8 Å². The fraction of sp³-hybridized carbons (Fsp3) is 0.348. The number of halogens is 1. The van der Waals surface area contributed by atoms with Crippen LogP contribution >= 0.6 is 0 Å². The lowest BCUT2D eigenvalue weighted by molar-refractivity contribution is 0.107. The third kappa shape index (κ3) is 5.53. The molecule has 1 saturated heterocycles. The van der Waals surface area contributed by atoms with Crippen molar-refractivity contribution in [1.82, 2.24) is 4.90 Å². The number of ether oxygens (including phenoxy) is 1. The standard InChI is InChI=1S/C23H25FN2O5S/c1-32(28,29)30-16-20-15-26(23(27)31-20)19-7-8-21(22(24)13-19)18-9-11-25(12-10-18)14-17-5-3-2-4-6-17/h2-9,13,20H,10-12,14-16H2,1H3/t20-/m1/s1. The first kappa shape index (κ1) is 22.4. The highest BCUT2D eigenvalue weighted by Crippen LogP contribution is 2.30. The van der Waals surface area contributed by atoms with E-state index < -0.39 is 28.1 Å². The van der Waals surface area contributed by atoms with Crippen molar-refractivity contribution in [3.63, 3.8) is 0 Å². The molecule has 4 rings (SSSR count). The van der Waals surface area contributed by atoms with Gasteiger partial charge in [-0.25, -0.2) is 9.18 Å². The maximum Gasteiger partial charge on any atom is 0.414 e. The van der Waals surface area contributed by atoms with E-state index in [-0.39, 0.29) is 13.2 Å². The Hall–Kier alpha value is -2.75. The average molecular weight is 461 g/mol. The molecule has 0 radical (unpaired) electrons. The largest absolute Gasteiger partial charge is 0.441 e. The van der Waals surface area contributed by atoms with Gasteiger partial charge in [-0.2, -0.15) is 8.42 Å². The van der Waals surface area contributed by atoms with Crippen LogP contribution in [-0.4, -0.2) is 58.0 Å². The van der Waals surface area contributed by atoms with E-state index in [1.807, 2.05) is 24.3 Å². The molecule has 1 amide bonds. The zero-order valence-electron chi connectivity index (χ0n) is 17.7. The summed E-state index contributed by atoms with van der Waals surface area (Å²) >= 11 is 0. The van der Waals surface area contributed by atoms with Crippen molar-refractivity contribution in [3.05, 3.63) is 71.6 Å². The number of nitrogens with zero attached hydrogens (tertiary/aromatic N) is 2. The topological polar surface area (TPSA) is 76.2 Å². The molecule has 2 aliphatic heterocycles. The van der Waals surface area contributed by atoms with Crippen LogP contribution in [0.5, 0.6) is 0 Å². The molecule has 1 fully saturated rings. The summed E-state index contributed by atoms with van der Waals surface area (Å²) in [4.78, 5) is 15.7. The molecule has 0 bridgehead atoms. The second-order valence-electron chi connectivity index (χ2n) is 7.97. The monoisotopic (exact) mass is 460 g/mol. The summed E-state index contributed by atoms with van der Waals surface area (Å²) in [5.74, 6) is -0.408. The minimum atomic E-state index is -3.64. The number of hydrogen-bond donors (Lipinski definition) is 0. The summed E-state index contributed by atoms with van der Waals surface area (Å²) in [7, 11) is -3.64. The van der Waals surface area contributed by atoms with E-state index in [4.69, 9.17) is 8.92 Å². The van der Waals surface area contributed by atoms with Gasteiger partial charge in [0, 0.05) is 25.2 Å². The minimum Gasteiger partial charge on any atom is -0.441 e. The fourth-order valence-electron chi connectivity index (χ4n) is 3.89. The van der Waals surface area contributed by atoms with Gasteiger partial charge in [0.15, 0.2) is 0 Å². The van der Waals surface area contributed by atoms with Crippen LogP contribution < -0.4 is 4.90 Å². The molecule has 2 aromatic carbocycles. The zero-order chi connectivity index (χ0) is 22.7. The molecule has 2 aliphatic rings. The maximum absolute atomic E-state index is 14.9. The molecule has 0 aromatic heterocycles. The first-order chi connectivity index (χ1) is 15.3. The Balaban J connectivity index is 1.40. The van der Waals surface area contributed by atoms with E-state index in [0.717, 1.165) is 37.9 Å². The molecular formula is C23H25FN2O5S. The predicted octanol–water partition coefficient (Wildman–Crippen LogP) is 3.42. The van der Waals surface area contributed by atoms with Gasteiger partial charge in [0.2, 0.25) is 0 Å². The van der Waals surface area contributed by atoms with Crippen molar-refractivity contribution in [2.24, 2.45) is 0 Å². The van der Waals surface area contributed by atoms with E-state index in [2.05, 4.69) is 17.0 Å². The highest BCUT2D eigenvalue weighted by molar-refractivity contribution is 7.85. The molecule has 0 aliphatic carbocycles. The molecule has 0 saturated carbocycles. The van der Waals surface area contributed by atoms with Crippen LogP contribution in [0, 0.1) is 5.82 Å². The Kier molecular flexibility index (Phi) is 6.59. The normalized spacial score (nSPS) is 19.7. The summed E-state index contributed by atoms with van der Waals surface area (Å²) in [6.45, 7) is 2.25. The number of hydrogen-bond acceptors (Lipinski definition) is 6. The summed E-state index contributed by atoms with van der Waals surface area (Å²) in [5.41, 5.74) is 3.08. The molecule has 170 valence electrons. The maximum atomic E-state index is 14.9. The van der Waals surface area contributed by atoms with Crippen LogP contribution in [-0.2, 0) is 25.6 Å². The number of benzene rings is 2. The molecule has 7 nitrogen and oxygen atoms in total. The van der Waals surface area contributed by atoms with Crippen molar-refractivity contribution in [2.75, 3.05) is 37.4 Å². The van der Waals surface area contributed by atoms with Gasteiger partial charge in [0.05, 0.1) is 18.5 Å². The second kappa shape index (κ2) is 9.40. The SMILES string of the molecule is CS(=O)(=O)OC[C@H]1CN(c2ccc(C3=CCN(Cc4ccccc4)CC3)c(F)c2)C(=O)O1. The summed E-state index contributed by atoms with van der Waals surface area (Å²) in [5, 5.41) is 0. The smallest absolute Gasteiger partial charge is 0.414 e. The minimum absolute atomic E-state index is 0.0876. The van der Waals surface area contributed by atoms with Crippen LogP contribution in [0.15, 0.2) is 54.6 Å². The highest BCUT2D eigenvalue weighted by Gasteiger charge is 2.33. The molecule has 9 heteroatoms. The number of cyclic esters (lactones) is 1. The lowest BCUT2D eigenvalue weighted by Gasteiger charge is -2.27.